The van der Waals surface area contributed by atoms with Crippen molar-refractivity contribution >= 4 is 22.3 Å². The second kappa shape index (κ2) is 3.33. The average Bonchev–Trinajstić information content (AvgIpc) is 2.58. The molecule has 0 amide bonds. The summed E-state index contributed by atoms with van der Waals surface area (Å²) < 4.78 is 0. The van der Waals surface area contributed by atoms with Gasteiger partial charge in [0.15, 0.2) is 5.13 Å². The Kier molecular flexibility index (Phi) is 2.28. The van der Waals surface area contributed by atoms with Gasteiger partial charge in [-0.2, -0.15) is 0 Å². The molecule has 1 aromatic rings. The number of nitrogens with two attached hydrogens (primary N) is 1. The molecule has 0 radical (unpaired) electrons. The van der Waals surface area contributed by atoms with Gasteiger partial charge in [0.2, 0.25) is 0 Å². The molecule has 0 aliphatic heterocycles. The quantitative estimate of drug-likeness (QED) is 0.729. The Bertz CT molecular complexity index is 351. The third kappa shape index (κ3) is 1.65. The Hall–Kier alpha value is -0.940. The van der Waals surface area contributed by atoms with Crippen LogP contribution >= 0.6 is 11.3 Å². The van der Waals surface area contributed by atoms with Crippen LogP contribution in [0.2, 0.25) is 0 Å². The van der Waals surface area contributed by atoms with Crippen molar-refractivity contribution in [2.75, 3.05) is 5.73 Å². The summed E-state index contributed by atoms with van der Waals surface area (Å²) in [4.78, 5) is 15.7. The summed E-state index contributed by atoms with van der Waals surface area (Å²) in [5.74, 6) is 0.229. The standard InChI is InChI=1S/C9H12N2O2S/c10-8-11-5-7(14-8)9(13)3-1-6(12)2-4-9/h5,13H,1-4H2,(H2,10,11). The fraction of sp³-hybridized carbons (Fsp3) is 0.556. The summed E-state index contributed by atoms with van der Waals surface area (Å²) in [6.45, 7) is 0. The van der Waals surface area contributed by atoms with E-state index >= 15 is 0 Å². The van der Waals surface area contributed by atoms with Gasteiger partial charge in [0.1, 0.15) is 11.4 Å². The van der Waals surface area contributed by atoms with Crippen molar-refractivity contribution < 1.29 is 9.90 Å². The first-order valence-electron chi connectivity index (χ1n) is 4.56. The third-order valence-electron chi connectivity index (χ3n) is 2.62. The highest BCUT2D eigenvalue weighted by Gasteiger charge is 2.35. The van der Waals surface area contributed by atoms with Crippen LogP contribution in [0.25, 0.3) is 0 Å². The summed E-state index contributed by atoms with van der Waals surface area (Å²) in [7, 11) is 0. The lowest BCUT2D eigenvalue weighted by Crippen LogP contribution is -2.30. The predicted molar refractivity (Wildman–Crippen MR) is 53.9 cm³/mol. The molecule has 4 nitrogen and oxygen atoms in total. The molecule has 3 N–H and O–H groups in total. The minimum atomic E-state index is -0.872. The van der Waals surface area contributed by atoms with Crippen LogP contribution in [0.4, 0.5) is 5.13 Å². The molecule has 1 fully saturated rings. The molecule has 76 valence electrons. The monoisotopic (exact) mass is 212 g/mol. The van der Waals surface area contributed by atoms with E-state index in [4.69, 9.17) is 5.73 Å². The maximum atomic E-state index is 11.0. The van der Waals surface area contributed by atoms with Crippen LogP contribution in [0.3, 0.4) is 0 Å². The number of rotatable bonds is 1. The van der Waals surface area contributed by atoms with Crippen molar-refractivity contribution in [1.82, 2.24) is 4.98 Å². The molecule has 0 saturated heterocycles. The predicted octanol–water partition coefficient (Wildman–Crippen LogP) is 1.06. The number of nitrogen functional groups attached to an aromatic ring is 1. The highest BCUT2D eigenvalue weighted by atomic mass is 32.1. The van der Waals surface area contributed by atoms with E-state index in [0.29, 0.717) is 30.8 Å². The third-order valence-corrected chi connectivity index (χ3v) is 3.64. The Morgan fingerprint density at radius 2 is 2.14 bits per heavy atom. The maximum absolute atomic E-state index is 11.0. The smallest absolute Gasteiger partial charge is 0.180 e. The molecule has 1 aliphatic carbocycles. The van der Waals surface area contributed by atoms with Crippen LogP contribution in [-0.2, 0) is 10.4 Å². The minimum Gasteiger partial charge on any atom is -0.384 e. The number of hydrogen-bond donors (Lipinski definition) is 2. The van der Waals surface area contributed by atoms with E-state index in [9.17, 15) is 9.90 Å². The average molecular weight is 212 g/mol. The zero-order valence-electron chi connectivity index (χ0n) is 7.69. The lowest BCUT2D eigenvalue weighted by atomic mass is 9.83. The van der Waals surface area contributed by atoms with Gasteiger partial charge in [-0.15, -0.1) is 0 Å². The van der Waals surface area contributed by atoms with Gasteiger partial charge in [-0.05, 0) is 12.8 Å². The van der Waals surface area contributed by atoms with Crippen LogP contribution in [-0.4, -0.2) is 15.9 Å². The Morgan fingerprint density at radius 3 is 2.64 bits per heavy atom. The van der Waals surface area contributed by atoms with Crippen LogP contribution in [0.5, 0.6) is 0 Å². The van der Waals surface area contributed by atoms with Crippen molar-refractivity contribution in [1.29, 1.82) is 0 Å². The number of aromatic nitrogens is 1. The number of carbonyl (C=O) groups excluding carboxylic acids is 1. The molecule has 1 saturated carbocycles. The van der Waals surface area contributed by atoms with Crippen molar-refractivity contribution in [2.45, 2.75) is 31.3 Å². The number of thiazole rings is 1. The van der Waals surface area contributed by atoms with Crippen molar-refractivity contribution in [3.8, 4) is 0 Å². The van der Waals surface area contributed by atoms with Crippen LogP contribution in [0.15, 0.2) is 6.20 Å². The molecule has 5 heteroatoms. The number of nitrogens with zero attached hydrogens (tertiary/aromatic N) is 1. The lowest BCUT2D eigenvalue weighted by molar-refractivity contribution is -0.125. The van der Waals surface area contributed by atoms with Crippen molar-refractivity contribution in [3.05, 3.63) is 11.1 Å². The zero-order chi connectivity index (χ0) is 10.2. The van der Waals surface area contributed by atoms with Gasteiger partial charge < -0.3 is 10.8 Å². The number of ketones is 1. The van der Waals surface area contributed by atoms with E-state index in [1.165, 1.54) is 11.3 Å². The number of carbonyl (C=O) groups is 1. The van der Waals surface area contributed by atoms with Gasteiger partial charge in [-0.3, -0.25) is 4.79 Å². The van der Waals surface area contributed by atoms with E-state index in [0.717, 1.165) is 4.88 Å². The van der Waals surface area contributed by atoms with E-state index in [1.807, 2.05) is 0 Å². The van der Waals surface area contributed by atoms with Crippen LogP contribution in [0, 0.1) is 0 Å². The summed E-state index contributed by atoms with van der Waals surface area (Å²) in [6.07, 6.45) is 3.50. The van der Waals surface area contributed by atoms with Gasteiger partial charge in [0.05, 0.1) is 4.88 Å². The minimum absolute atomic E-state index is 0.229. The van der Waals surface area contributed by atoms with Crippen LogP contribution < -0.4 is 5.73 Å². The van der Waals surface area contributed by atoms with Gasteiger partial charge >= 0.3 is 0 Å². The Morgan fingerprint density at radius 1 is 1.50 bits per heavy atom. The van der Waals surface area contributed by atoms with Crippen molar-refractivity contribution in [2.24, 2.45) is 0 Å². The van der Waals surface area contributed by atoms with Crippen molar-refractivity contribution in [3.63, 3.8) is 0 Å². The number of hydrogen-bond acceptors (Lipinski definition) is 5. The first-order valence-corrected chi connectivity index (χ1v) is 5.38. The van der Waals surface area contributed by atoms with Gasteiger partial charge in [0.25, 0.3) is 0 Å². The first kappa shape index (κ1) is 9.61. The molecule has 1 aromatic heterocycles. The van der Waals surface area contributed by atoms with E-state index in [2.05, 4.69) is 4.98 Å². The molecule has 1 heterocycles. The summed E-state index contributed by atoms with van der Waals surface area (Å²) in [5, 5.41) is 10.7. The highest BCUT2D eigenvalue weighted by molar-refractivity contribution is 7.15. The van der Waals surface area contributed by atoms with E-state index < -0.39 is 5.60 Å². The molecule has 14 heavy (non-hydrogen) atoms. The van der Waals surface area contributed by atoms with E-state index in [1.54, 1.807) is 6.20 Å². The lowest BCUT2D eigenvalue weighted by Gasteiger charge is -2.29. The normalized spacial score (nSPS) is 21.1. The fourth-order valence-corrected chi connectivity index (χ4v) is 2.52. The second-order valence-electron chi connectivity index (χ2n) is 3.63. The molecule has 0 atom stereocenters. The van der Waals surface area contributed by atoms with E-state index in [-0.39, 0.29) is 5.78 Å². The SMILES string of the molecule is Nc1ncc(C2(O)CCC(=O)CC2)s1. The number of anilines is 1. The van der Waals surface area contributed by atoms with Gasteiger partial charge in [-0.1, -0.05) is 11.3 Å². The summed E-state index contributed by atoms with van der Waals surface area (Å²) >= 11 is 1.30. The largest absolute Gasteiger partial charge is 0.384 e. The van der Waals surface area contributed by atoms with Gasteiger partial charge in [-0.25, -0.2) is 4.98 Å². The fourth-order valence-electron chi connectivity index (χ4n) is 1.69. The van der Waals surface area contributed by atoms with Gasteiger partial charge in [0, 0.05) is 19.0 Å². The number of aliphatic hydroxyl groups is 1. The second-order valence-corrected chi connectivity index (χ2v) is 4.70. The summed E-state index contributed by atoms with van der Waals surface area (Å²) in [5.41, 5.74) is 4.63. The zero-order valence-corrected chi connectivity index (χ0v) is 8.51. The molecular formula is C9H12N2O2S. The van der Waals surface area contributed by atoms with Crippen LogP contribution in [0.1, 0.15) is 30.6 Å². The molecule has 1 aliphatic rings. The molecule has 2 rings (SSSR count). The number of Topliss-reactive ketones (excluding diaryl/α,β-unsaturated/α-hetero) is 1. The highest BCUT2D eigenvalue weighted by Crippen LogP contribution is 2.38. The summed E-state index contributed by atoms with van der Waals surface area (Å²) in [6, 6.07) is 0. The maximum Gasteiger partial charge on any atom is 0.180 e. The molecule has 0 unspecified atom stereocenters. The molecule has 0 spiro atoms. The molecular weight excluding hydrogens is 200 g/mol. The molecule has 0 aromatic carbocycles. The Labute approximate surface area is 85.8 Å². The first-order chi connectivity index (χ1) is 6.60. The Balaban J connectivity index is 2.20. The molecule has 0 bridgehead atoms. The topological polar surface area (TPSA) is 76.2 Å².